The molecule has 1 saturated carbocycles. The monoisotopic (exact) mass is 584 g/mol. The number of thioether (sulfide) groups is 1. The van der Waals surface area contributed by atoms with Crippen LogP contribution in [0.1, 0.15) is 42.4 Å². The van der Waals surface area contributed by atoms with Gasteiger partial charge in [-0.1, -0.05) is 84.6 Å². The summed E-state index contributed by atoms with van der Waals surface area (Å²) in [5.74, 6) is 1.28. The highest BCUT2D eigenvalue weighted by atomic mass is 35.5. The predicted molar refractivity (Wildman–Crippen MR) is 161 cm³/mol. The van der Waals surface area contributed by atoms with Crippen LogP contribution >= 0.6 is 35.0 Å². The van der Waals surface area contributed by atoms with Crippen molar-refractivity contribution in [1.29, 1.82) is 0 Å². The highest BCUT2D eigenvalue weighted by molar-refractivity contribution is 7.99. The van der Waals surface area contributed by atoms with Crippen molar-refractivity contribution >= 4 is 46.8 Å². The zero-order chi connectivity index (χ0) is 27.6. The summed E-state index contributed by atoms with van der Waals surface area (Å²) in [5, 5.41) is 4.40. The maximum absolute atomic E-state index is 13.8. The van der Waals surface area contributed by atoms with E-state index in [-0.39, 0.29) is 23.6 Å². The Kier molecular flexibility index (Phi) is 11.0. The lowest BCUT2D eigenvalue weighted by Gasteiger charge is -2.32. The SMILES string of the molecule is COc1cccc(CN(C(=O)CSCc2ccc(Cl)cc2Cl)[C@@H](Cc2ccccc2)C(=O)NC2CCCC2)c1. The smallest absolute Gasteiger partial charge is 0.243 e. The quantitative estimate of drug-likeness (QED) is 0.250. The summed E-state index contributed by atoms with van der Waals surface area (Å²) in [7, 11) is 1.62. The van der Waals surface area contributed by atoms with Crippen LogP contribution in [0, 0.1) is 0 Å². The van der Waals surface area contributed by atoms with E-state index in [1.165, 1.54) is 11.8 Å². The molecular weight excluding hydrogens is 551 g/mol. The Hall–Kier alpha value is -2.67. The first-order valence-corrected chi connectivity index (χ1v) is 15.1. The second-order valence-corrected chi connectivity index (χ2v) is 11.6. The van der Waals surface area contributed by atoms with Gasteiger partial charge in [-0.2, -0.15) is 0 Å². The molecule has 0 heterocycles. The fourth-order valence-electron chi connectivity index (χ4n) is 4.86. The first kappa shape index (κ1) is 29.3. The van der Waals surface area contributed by atoms with Gasteiger partial charge in [0, 0.05) is 34.8 Å². The van der Waals surface area contributed by atoms with E-state index in [9.17, 15) is 9.59 Å². The highest BCUT2D eigenvalue weighted by Crippen LogP contribution is 2.26. The van der Waals surface area contributed by atoms with Gasteiger partial charge < -0.3 is 15.0 Å². The van der Waals surface area contributed by atoms with Gasteiger partial charge >= 0.3 is 0 Å². The van der Waals surface area contributed by atoms with E-state index in [1.54, 1.807) is 24.1 Å². The van der Waals surface area contributed by atoms with E-state index in [0.29, 0.717) is 34.5 Å². The van der Waals surface area contributed by atoms with E-state index >= 15 is 0 Å². The lowest BCUT2D eigenvalue weighted by atomic mass is 10.0. The Morgan fingerprint density at radius 2 is 1.74 bits per heavy atom. The first-order chi connectivity index (χ1) is 18.9. The largest absolute Gasteiger partial charge is 0.497 e. The van der Waals surface area contributed by atoms with Crippen molar-refractivity contribution < 1.29 is 14.3 Å². The number of halogens is 2. The van der Waals surface area contributed by atoms with Gasteiger partial charge in [0.25, 0.3) is 0 Å². The third-order valence-electron chi connectivity index (χ3n) is 6.96. The molecule has 1 atom stereocenters. The van der Waals surface area contributed by atoms with E-state index in [2.05, 4.69) is 5.32 Å². The fraction of sp³-hybridized carbons (Fsp3) is 0.355. The van der Waals surface area contributed by atoms with Crippen LogP contribution in [0.2, 0.25) is 10.0 Å². The molecule has 0 aliphatic heterocycles. The lowest BCUT2D eigenvalue weighted by molar-refractivity contribution is -0.139. The van der Waals surface area contributed by atoms with Crippen LogP contribution in [0.4, 0.5) is 0 Å². The number of methoxy groups -OCH3 is 1. The van der Waals surface area contributed by atoms with E-state index in [4.69, 9.17) is 27.9 Å². The third kappa shape index (κ3) is 8.66. The summed E-state index contributed by atoms with van der Waals surface area (Å²) in [6.45, 7) is 0.299. The van der Waals surface area contributed by atoms with Crippen LogP contribution in [0.15, 0.2) is 72.8 Å². The highest BCUT2D eigenvalue weighted by Gasteiger charge is 2.32. The summed E-state index contributed by atoms with van der Waals surface area (Å²) in [6.07, 6.45) is 4.62. The van der Waals surface area contributed by atoms with Gasteiger partial charge in [0.2, 0.25) is 11.8 Å². The van der Waals surface area contributed by atoms with Gasteiger partial charge in [-0.15, -0.1) is 11.8 Å². The molecule has 1 aliphatic rings. The second-order valence-electron chi connectivity index (χ2n) is 9.80. The maximum Gasteiger partial charge on any atom is 0.243 e. The second kappa shape index (κ2) is 14.6. The molecule has 2 amide bonds. The molecule has 4 rings (SSSR count). The first-order valence-electron chi connectivity index (χ1n) is 13.2. The third-order valence-corrected chi connectivity index (χ3v) is 8.51. The molecule has 3 aromatic carbocycles. The number of ether oxygens (including phenoxy) is 1. The number of amides is 2. The molecule has 39 heavy (non-hydrogen) atoms. The Balaban J connectivity index is 1.58. The molecule has 0 spiro atoms. The van der Waals surface area contributed by atoms with Crippen molar-refractivity contribution in [3.63, 3.8) is 0 Å². The van der Waals surface area contributed by atoms with Crippen LogP contribution in [0.5, 0.6) is 5.75 Å². The zero-order valence-corrected chi connectivity index (χ0v) is 24.4. The van der Waals surface area contributed by atoms with E-state index in [0.717, 1.165) is 42.4 Å². The number of carbonyl (C=O) groups excluding carboxylic acids is 2. The van der Waals surface area contributed by atoms with Crippen LogP contribution in [0.25, 0.3) is 0 Å². The van der Waals surface area contributed by atoms with Gasteiger partial charge in [-0.05, 0) is 53.8 Å². The molecular formula is C31H34Cl2N2O3S. The predicted octanol–water partition coefficient (Wildman–Crippen LogP) is 6.93. The zero-order valence-electron chi connectivity index (χ0n) is 22.1. The van der Waals surface area contributed by atoms with E-state index < -0.39 is 6.04 Å². The summed E-state index contributed by atoms with van der Waals surface area (Å²) < 4.78 is 5.41. The van der Waals surface area contributed by atoms with Gasteiger partial charge in [-0.3, -0.25) is 9.59 Å². The Morgan fingerprint density at radius 3 is 2.46 bits per heavy atom. The molecule has 0 radical (unpaired) electrons. The molecule has 5 nitrogen and oxygen atoms in total. The maximum atomic E-state index is 13.8. The van der Waals surface area contributed by atoms with E-state index in [1.807, 2.05) is 60.7 Å². The normalized spacial score (nSPS) is 14.1. The summed E-state index contributed by atoms with van der Waals surface area (Å²) in [5.41, 5.74) is 2.83. The molecule has 3 aromatic rings. The van der Waals surface area contributed by atoms with Gasteiger partial charge in [0.1, 0.15) is 11.8 Å². The molecule has 1 aliphatic carbocycles. The van der Waals surface area contributed by atoms with Crippen molar-refractivity contribution in [2.24, 2.45) is 0 Å². The molecule has 0 aromatic heterocycles. The molecule has 0 unspecified atom stereocenters. The molecule has 1 N–H and O–H groups in total. The van der Waals surface area contributed by atoms with Crippen molar-refractivity contribution in [1.82, 2.24) is 10.2 Å². The van der Waals surface area contributed by atoms with Crippen molar-refractivity contribution in [3.05, 3.63) is 99.5 Å². The number of hydrogen-bond acceptors (Lipinski definition) is 4. The minimum atomic E-state index is -0.647. The summed E-state index contributed by atoms with van der Waals surface area (Å²) in [6, 6.07) is 22.4. The fourth-order valence-corrected chi connectivity index (χ4v) is 6.33. The Labute approximate surface area is 245 Å². The number of hydrogen-bond donors (Lipinski definition) is 1. The number of rotatable bonds is 12. The molecule has 0 saturated heterocycles. The van der Waals surface area contributed by atoms with Crippen LogP contribution < -0.4 is 10.1 Å². The van der Waals surface area contributed by atoms with Crippen molar-refractivity contribution in [2.75, 3.05) is 12.9 Å². The van der Waals surface area contributed by atoms with Crippen LogP contribution in [-0.4, -0.2) is 41.7 Å². The van der Waals surface area contributed by atoms with Gasteiger partial charge in [-0.25, -0.2) is 0 Å². The number of nitrogens with one attached hydrogen (secondary N) is 1. The topological polar surface area (TPSA) is 58.6 Å². The molecule has 1 fully saturated rings. The van der Waals surface area contributed by atoms with Crippen molar-refractivity contribution in [2.45, 2.75) is 56.5 Å². The number of carbonyl (C=O) groups is 2. The average molecular weight is 586 g/mol. The van der Waals surface area contributed by atoms with Crippen LogP contribution in [0.3, 0.4) is 0 Å². The average Bonchev–Trinajstić information content (AvgIpc) is 3.45. The van der Waals surface area contributed by atoms with Gasteiger partial charge in [0.15, 0.2) is 0 Å². The Morgan fingerprint density at radius 1 is 1.00 bits per heavy atom. The molecule has 0 bridgehead atoms. The number of benzene rings is 3. The molecule has 8 heteroatoms. The standard InChI is InChI=1S/C31H34Cl2N2O3S/c1-38-27-13-7-10-23(16-27)19-35(30(36)21-39-20-24-14-15-25(32)18-28(24)33)29(17-22-8-3-2-4-9-22)31(37)34-26-11-5-6-12-26/h2-4,7-10,13-16,18,26,29H,5-6,11-12,17,19-21H2,1H3,(H,34,37)/t29-/m0/s1. The summed E-state index contributed by atoms with van der Waals surface area (Å²) >= 11 is 13.9. The summed E-state index contributed by atoms with van der Waals surface area (Å²) in [4.78, 5) is 29.3. The van der Waals surface area contributed by atoms with Gasteiger partial charge in [0.05, 0.1) is 12.9 Å². The lowest BCUT2D eigenvalue weighted by Crippen LogP contribution is -2.52. The number of nitrogens with zero attached hydrogens (tertiary/aromatic N) is 1. The van der Waals surface area contributed by atoms with Crippen LogP contribution in [-0.2, 0) is 28.3 Å². The molecule has 206 valence electrons. The minimum absolute atomic E-state index is 0.101. The minimum Gasteiger partial charge on any atom is -0.497 e. The Bertz CT molecular complexity index is 1250. The van der Waals surface area contributed by atoms with Crippen molar-refractivity contribution in [3.8, 4) is 5.75 Å².